The fourth-order valence-electron chi connectivity index (χ4n) is 2.67. The van der Waals surface area contributed by atoms with Crippen molar-refractivity contribution in [1.29, 1.82) is 0 Å². The molecule has 2 aromatic rings. The molecule has 128 valence electrons. The van der Waals surface area contributed by atoms with Crippen LogP contribution in [0.1, 0.15) is 34.8 Å². The summed E-state index contributed by atoms with van der Waals surface area (Å²) in [5.41, 5.74) is 1.31. The molecule has 0 unspecified atom stereocenters. The maximum absolute atomic E-state index is 12.6. The number of morpholine rings is 1. The van der Waals surface area contributed by atoms with Gasteiger partial charge in [0.25, 0.3) is 5.91 Å². The van der Waals surface area contributed by atoms with Crippen molar-refractivity contribution in [3.63, 3.8) is 0 Å². The summed E-state index contributed by atoms with van der Waals surface area (Å²) in [7, 11) is 1.76. The molecule has 1 aliphatic rings. The highest BCUT2D eigenvalue weighted by atomic mass is 16.5. The number of carbonyl (C=O) groups is 1. The van der Waals surface area contributed by atoms with Crippen molar-refractivity contribution in [2.75, 3.05) is 33.4 Å². The van der Waals surface area contributed by atoms with Crippen molar-refractivity contribution in [3.05, 3.63) is 47.6 Å². The smallest absolute Gasteiger partial charge is 0.276 e. The summed E-state index contributed by atoms with van der Waals surface area (Å²) < 4.78 is 10.7. The third kappa shape index (κ3) is 3.80. The molecule has 24 heavy (non-hydrogen) atoms. The van der Waals surface area contributed by atoms with E-state index >= 15 is 0 Å². The van der Waals surface area contributed by atoms with Crippen molar-refractivity contribution in [2.24, 2.45) is 0 Å². The molecule has 0 N–H and O–H groups in total. The summed E-state index contributed by atoms with van der Waals surface area (Å²) in [5.74, 6) is 0.533. The molecule has 3 rings (SSSR count). The van der Waals surface area contributed by atoms with Crippen LogP contribution in [0.5, 0.6) is 0 Å². The molecule has 7 nitrogen and oxygen atoms in total. The van der Waals surface area contributed by atoms with Crippen molar-refractivity contribution in [3.8, 4) is 0 Å². The molecular weight excluding hydrogens is 308 g/mol. The fraction of sp³-hybridized carbons (Fsp3) is 0.471. The Morgan fingerprint density at radius 2 is 2.21 bits per heavy atom. The zero-order chi connectivity index (χ0) is 16.9. The van der Waals surface area contributed by atoms with Crippen LogP contribution in [-0.4, -0.2) is 59.2 Å². The first-order valence-electron chi connectivity index (χ1n) is 8.08. The van der Waals surface area contributed by atoms with Gasteiger partial charge in [0.2, 0.25) is 0 Å². The molecule has 0 bridgehead atoms. The molecule has 0 aromatic carbocycles. The summed E-state index contributed by atoms with van der Waals surface area (Å²) in [6.07, 6.45) is 3.48. The number of rotatable bonds is 5. The number of nitrogens with zero attached hydrogens (tertiary/aromatic N) is 4. The highest BCUT2D eigenvalue weighted by Gasteiger charge is 2.23. The van der Waals surface area contributed by atoms with Gasteiger partial charge in [0.15, 0.2) is 11.5 Å². The number of ether oxygens (including phenoxy) is 1. The Morgan fingerprint density at radius 3 is 2.92 bits per heavy atom. The minimum Gasteiger partial charge on any atom is -0.379 e. The highest BCUT2D eigenvalue weighted by Crippen LogP contribution is 2.20. The Bertz CT molecular complexity index is 667. The van der Waals surface area contributed by atoms with E-state index in [0.717, 1.165) is 31.9 Å². The van der Waals surface area contributed by atoms with E-state index in [2.05, 4.69) is 15.0 Å². The number of carbonyl (C=O) groups excluding carboxylic acids is 1. The lowest BCUT2D eigenvalue weighted by molar-refractivity contribution is 0.0305. The van der Waals surface area contributed by atoms with E-state index in [1.807, 2.05) is 19.1 Å². The molecule has 1 fully saturated rings. The molecule has 0 radical (unpaired) electrons. The van der Waals surface area contributed by atoms with Crippen molar-refractivity contribution in [1.82, 2.24) is 19.9 Å². The summed E-state index contributed by atoms with van der Waals surface area (Å²) in [6, 6.07) is 5.45. The Morgan fingerprint density at radius 1 is 1.42 bits per heavy atom. The fourth-order valence-corrected chi connectivity index (χ4v) is 2.67. The summed E-state index contributed by atoms with van der Waals surface area (Å²) in [4.78, 5) is 20.6. The van der Waals surface area contributed by atoms with Gasteiger partial charge in [-0.15, -0.1) is 0 Å². The Labute approximate surface area is 141 Å². The van der Waals surface area contributed by atoms with E-state index in [1.54, 1.807) is 30.4 Å². The summed E-state index contributed by atoms with van der Waals surface area (Å²) >= 11 is 0. The first-order chi connectivity index (χ1) is 11.6. The van der Waals surface area contributed by atoms with Gasteiger partial charge in [-0.1, -0.05) is 11.2 Å². The lowest BCUT2D eigenvalue weighted by Gasteiger charge is -2.25. The third-order valence-corrected chi connectivity index (χ3v) is 4.33. The molecule has 1 atom stereocenters. The van der Waals surface area contributed by atoms with E-state index in [-0.39, 0.29) is 11.9 Å². The molecule has 0 aliphatic carbocycles. The van der Waals surface area contributed by atoms with Crippen molar-refractivity contribution in [2.45, 2.75) is 19.5 Å². The molecule has 0 saturated carbocycles. The van der Waals surface area contributed by atoms with Gasteiger partial charge in [-0.3, -0.25) is 14.7 Å². The molecule has 1 amide bonds. The predicted octanol–water partition coefficient (Wildman–Crippen LogP) is 1.74. The Hall–Kier alpha value is -2.25. The van der Waals surface area contributed by atoms with Gasteiger partial charge in [0.05, 0.1) is 25.8 Å². The molecular formula is C17H22N4O3. The van der Waals surface area contributed by atoms with Gasteiger partial charge in [-0.25, -0.2) is 0 Å². The minimum atomic E-state index is -0.164. The number of amides is 1. The Kier molecular flexibility index (Phi) is 5.22. The standard InChI is InChI=1S/C17H22N4O3/c1-13(14-4-3-5-18-11-14)20(2)17(22)16-10-15(24-19-16)12-21-6-8-23-9-7-21/h3-5,10-11,13H,6-9,12H2,1-2H3/t13-/m1/s1. The third-order valence-electron chi connectivity index (χ3n) is 4.33. The topological polar surface area (TPSA) is 71.7 Å². The van der Waals surface area contributed by atoms with Gasteiger partial charge in [0, 0.05) is 38.6 Å². The zero-order valence-corrected chi connectivity index (χ0v) is 14.0. The summed E-state index contributed by atoms with van der Waals surface area (Å²) in [5, 5.41) is 3.94. The first kappa shape index (κ1) is 16.6. The molecule has 3 heterocycles. The van der Waals surface area contributed by atoms with Gasteiger partial charge < -0.3 is 14.2 Å². The van der Waals surface area contributed by atoms with Crippen LogP contribution in [0.2, 0.25) is 0 Å². The van der Waals surface area contributed by atoms with Crippen LogP contribution in [0.15, 0.2) is 35.1 Å². The molecule has 0 spiro atoms. The average Bonchev–Trinajstić information content (AvgIpc) is 3.10. The van der Waals surface area contributed by atoms with Crippen LogP contribution < -0.4 is 0 Å². The molecule has 7 heteroatoms. The zero-order valence-electron chi connectivity index (χ0n) is 14.0. The monoisotopic (exact) mass is 330 g/mol. The highest BCUT2D eigenvalue weighted by molar-refractivity contribution is 5.92. The lowest BCUT2D eigenvalue weighted by Crippen LogP contribution is -2.35. The van der Waals surface area contributed by atoms with Crippen molar-refractivity contribution < 1.29 is 14.1 Å². The van der Waals surface area contributed by atoms with Gasteiger partial charge >= 0.3 is 0 Å². The van der Waals surface area contributed by atoms with E-state index in [0.29, 0.717) is 18.0 Å². The van der Waals surface area contributed by atoms with E-state index in [9.17, 15) is 4.79 Å². The van der Waals surface area contributed by atoms with Crippen LogP contribution in [0, 0.1) is 0 Å². The van der Waals surface area contributed by atoms with E-state index in [4.69, 9.17) is 9.26 Å². The van der Waals surface area contributed by atoms with Crippen LogP contribution in [-0.2, 0) is 11.3 Å². The van der Waals surface area contributed by atoms with Gasteiger partial charge in [-0.2, -0.15) is 0 Å². The Balaban J connectivity index is 1.64. The predicted molar refractivity (Wildman–Crippen MR) is 87.3 cm³/mol. The maximum atomic E-state index is 12.6. The van der Waals surface area contributed by atoms with Crippen LogP contribution in [0.4, 0.5) is 0 Å². The van der Waals surface area contributed by atoms with Crippen LogP contribution in [0.3, 0.4) is 0 Å². The lowest BCUT2D eigenvalue weighted by atomic mass is 10.1. The largest absolute Gasteiger partial charge is 0.379 e. The number of hydrogen-bond acceptors (Lipinski definition) is 6. The van der Waals surface area contributed by atoms with Crippen molar-refractivity contribution >= 4 is 5.91 Å². The summed E-state index contributed by atoms with van der Waals surface area (Å²) in [6.45, 7) is 5.79. The number of hydrogen-bond donors (Lipinski definition) is 0. The van der Waals surface area contributed by atoms with Gasteiger partial charge in [-0.05, 0) is 18.6 Å². The molecule has 1 aliphatic heterocycles. The van der Waals surface area contributed by atoms with Gasteiger partial charge in [0.1, 0.15) is 0 Å². The maximum Gasteiger partial charge on any atom is 0.276 e. The first-order valence-corrected chi connectivity index (χ1v) is 8.08. The minimum absolute atomic E-state index is 0.0920. The van der Waals surface area contributed by atoms with Crippen LogP contribution in [0.25, 0.3) is 0 Å². The number of aromatic nitrogens is 2. The second-order valence-electron chi connectivity index (χ2n) is 5.95. The average molecular weight is 330 g/mol. The normalized spacial score (nSPS) is 16.8. The number of pyridine rings is 1. The molecule has 1 saturated heterocycles. The van der Waals surface area contributed by atoms with Crippen LogP contribution >= 0.6 is 0 Å². The second-order valence-corrected chi connectivity index (χ2v) is 5.95. The van der Waals surface area contributed by atoms with E-state index < -0.39 is 0 Å². The molecule has 2 aromatic heterocycles. The van der Waals surface area contributed by atoms with E-state index in [1.165, 1.54) is 0 Å². The second kappa shape index (κ2) is 7.55. The quantitative estimate of drug-likeness (QED) is 0.831. The SMILES string of the molecule is C[C@H](c1cccnc1)N(C)C(=O)c1cc(CN2CCOCC2)on1.